The summed E-state index contributed by atoms with van der Waals surface area (Å²) in [6.45, 7) is 2.31. The standard InChI is InChI=1S/C11H19N3O4S/c1-2-8-5-13(3-4-19-8)11(18)14(6-9(12)15)7-10(16)17/h8H,2-7H2,1H3,(H2,12,15)(H,16,17). The molecule has 19 heavy (non-hydrogen) atoms. The van der Waals surface area contributed by atoms with Crippen molar-refractivity contribution in [3.8, 4) is 0 Å². The first-order valence-electron chi connectivity index (χ1n) is 6.09. The molecule has 0 aliphatic carbocycles. The van der Waals surface area contributed by atoms with E-state index < -0.39 is 24.5 Å². The highest BCUT2D eigenvalue weighted by Gasteiger charge is 2.28. The molecule has 0 bridgehead atoms. The molecule has 108 valence electrons. The first-order chi connectivity index (χ1) is 8.93. The molecule has 1 aliphatic rings. The predicted molar refractivity (Wildman–Crippen MR) is 71.9 cm³/mol. The molecular formula is C11H19N3O4S. The van der Waals surface area contributed by atoms with Gasteiger partial charge in [0.2, 0.25) is 5.91 Å². The number of carboxylic acid groups (broad SMARTS) is 1. The molecule has 0 radical (unpaired) electrons. The van der Waals surface area contributed by atoms with Crippen LogP contribution in [0.15, 0.2) is 0 Å². The van der Waals surface area contributed by atoms with Gasteiger partial charge >= 0.3 is 12.0 Å². The van der Waals surface area contributed by atoms with E-state index >= 15 is 0 Å². The van der Waals surface area contributed by atoms with Gasteiger partial charge in [-0.1, -0.05) is 6.92 Å². The fourth-order valence-corrected chi connectivity index (χ4v) is 3.06. The topological polar surface area (TPSA) is 104 Å². The van der Waals surface area contributed by atoms with Crippen LogP contribution in [-0.2, 0) is 9.59 Å². The van der Waals surface area contributed by atoms with Crippen LogP contribution in [-0.4, -0.2) is 70.0 Å². The summed E-state index contributed by atoms with van der Waals surface area (Å²) < 4.78 is 0. The molecule has 3 amide bonds. The molecule has 0 aromatic heterocycles. The van der Waals surface area contributed by atoms with Gasteiger partial charge in [-0.15, -0.1) is 0 Å². The lowest BCUT2D eigenvalue weighted by atomic mass is 10.3. The van der Waals surface area contributed by atoms with Crippen molar-refractivity contribution in [2.24, 2.45) is 5.73 Å². The highest BCUT2D eigenvalue weighted by Crippen LogP contribution is 2.21. The van der Waals surface area contributed by atoms with Gasteiger partial charge in [-0.2, -0.15) is 11.8 Å². The fraction of sp³-hybridized carbons (Fsp3) is 0.727. The second-order valence-corrected chi connectivity index (χ2v) is 5.75. The Balaban J connectivity index is 2.68. The number of hydrogen-bond donors (Lipinski definition) is 2. The van der Waals surface area contributed by atoms with E-state index in [-0.39, 0.29) is 6.54 Å². The molecule has 1 saturated heterocycles. The molecule has 0 saturated carbocycles. The third kappa shape index (κ3) is 4.98. The van der Waals surface area contributed by atoms with Crippen LogP contribution in [0.2, 0.25) is 0 Å². The number of aliphatic carboxylic acids is 1. The summed E-state index contributed by atoms with van der Waals surface area (Å²) >= 11 is 1.80. The minimum atomic E-state index is -1.16. The zero-order valence-corrected chi connectivity index (χ0v) is 11.7. The molecule has 1 atom stereocenters. The molecule has 1 heterocycles. The Hall–Kier alpha value is -1.44. The fourth-order valence-electron chi connectivity index (χ4n) is 1.88. The van der Waals surface area contributed by atoms with Gasteiger partial charge in [0.15, 0.2) is 0 Å². The van der Waals surface area contributed by atoms with Gasteiger partial charge in [0.25, 0.3) is 0 Å². The zero-order chi connectivity index (χ0) is 14.4. The van der Waals surface area contributed by atoms with Crippen LogP contribution in [0.25, 0.3) is 0 Å². The van der Waals surface area contributed by atoms with Crippen LogP contribution in [0, 0.1) is 0 Å². The lowest BCUT2D eigenvalue weighted by Crippen LogP contribution is -2.52. The van der Waals surface area contributed by atoms with Crippen molar-refractivity contribution in [1.82, 2.24) is 9.80 Å². The van der Waals surface area contributed by atoms with Crippen LogP contribution in [0.3, 0.4) is 0 Å². The summed E-state index contributed by atoms with van der Waals surface area (Å²) in [5.41, 5.74) is 5.04. The largest absolute Gasteiger partial charge is 0.480 e. The minimum Gasteiger partial charge on any atom is -0.480 e. The van der Waals surface area contributed by atoms with Crippen molar-refractivity contribution in [2.45, 2.75) is 18.6 Å². The number of primary amides is 1. The Morgan fingerprint density at radius 3 is 2.63 bits per heavy atom. The number of urea groups is 1. The highest BCUT2D eigenvalue weighted by molar-refractivity contribution is 8.00. The summed E-state index contributed by atoms with van der Waals surface area (Å²) in [4.78, 5) is 36.4. The van der Waals surface area contributed by atoms with E-state index in [9.17, 15) is 14.4 Å². The molecule has 1 aliphatic heterocycles. The average molecular weight is 289 g/mol. The molecule has 1 unspecified atom stereocenters. The third-order valence-corrected chi connectivity index (χ3v) is 4.18. The van der Waals surface area contributed by atoms with Crippen molar-refractivity contribution in [1.29, 1.82) is 0 Å². The maximum absolute atomic E-state index is 12.2. The van der Waals surface area contributed by atoms with Crippen LogP contribution < -0.4 is 5.73 Å². The van der Waals surface area contributed by atoms with Crippen molar-refractivity contribution >= 4 is 29.7 Å². The number of thioether (sulfide) groups is 1. The van der Waals surface area contributed by atoms with E-state index in [4.69, 9.17) is 10.8 Å². The number of carboxylic acids is 1. The summed E-state index contributed by atoms with van der Waals surface area (Å²) in [6.07, 6.45) is 0.948. The first-order valence-corrected chi connectivity index (χ1v) is 7.14. The Bertz CT molecular complexity index is 348. The number of amides is 3. The van der Waals surface area contributed by atoms with Crippen LogP contribution >= 0.6 is 11.8 Å². The van der Waals surface area contributed by atoms with Crippen LogP contribution in [0.1, 0.15) is 13.3 Å². The smallest absolute Gasteiger partial charge is 0.323 e. The van der Waals surface area contributed by atoms with Gasteiger partial charge in [-0.3, -0.25) is 9.59 Å². The number of rotatable bonds is 5. The van der Waals surface area contributed by atoms with Gasteiger partial charge < -0.3 is 20.6 Å². The van der Waals surface area contributed by atoms with Gasteiger partial charge in [-0.05, 0) is 6.42 Å². The summed E-state index contributed by atoms with van der Waals surface area (Å²) in [5.74, 6) is -1.05. The zero-order valence-electron chi connectivity index (χ0n) is 10.9. The van der Waals surface area contributed by atoms with Gasteiger partial charge in [0.1, 0.15) is 13.1 Å². The molecule has 8 heteroatoms. The Labute approximate surface area is 116 Å². The monoisotopic (exact) mass is 289 g/mol. The number of carbonyl (C=O) groups excluding carboxylic acids is 2. The second-order valence-electron chi connectivity index (χ2n) is 4.35. The summed E-state index contributed by atoms with van der Waals surface area (Å²) in [6, 6.07) is -0.431. The van der Waals surface area contributed by atoms with Gasteiger partial charge in [0.05, 0.1) is 0 Å². The number of carbonyl (C=O) groups is 3. The van der Waals surface area contributed by atoms with E-state index in [1.165, 1.54) is 0 Å². The molecule has 0 aromatic carbocycles. The molecule has 3 N–H and O–H groups in total. The molecule has 0 aromatic rings. The maximum atomic E-state index is 12.2. The molecular weight excluding hydrogens is 270 g/mol. The number of hydrogen-bond acceptors (Lipinski definition) is 4. The Morgan fingerprint density at radius 2 is 2.11 bits per heavy atom. The molecule has 7 nitrogen and oxygen atoms in total. The predicted octanol–water partition coefficient (Wildman–Crippen LogP) is -0.194. The van der Waals surface area contributed by atoms with Gasteiger partial charge in [0, 0.05) is 24.1 Å². The molecule has 0 spiro atoms. The normalized spacial score (nSPS) is 19.0. The summed E-state index contributed by atoms with van der Waals surface area (Å²) in [5, 5.41) is 9.13. The lowest BCUT2D eigenvalue weighted by Gasteiger charge is -2.35. The Kier molecular flexibility index (Phi) is 5.94. The molecule has 1 fully saturated rings. The van der Waals surface area contributed by atoms with Crippen molar-refractivity contribution in [2.75, 3.05) is 31.9 Å². The van der Waals surface area contributed by atoms with E-state index in [1.54, 1.807) is 16.7 Å². The second kappa shape index (κ2) is 7.22. The van der Waals surface area contributed by atoms with E-state index in [1.807, 2.05) is 6.92 Å². The number of nitrogens with two attached hydrogens (primary N) is 1. The quantitative estimate of drug-likeness (QED) is 0.730. The molecule has 1 rings (SSSR count). The highest BCUT2D eigenvalue weighted by atomic mass is 32.2. The maximum Gasteiger partial charge on any atom is 0.323 e. The Morgan fingerprint density at radius 1 is 1.42 bits per heavy atom. The van der Waals surface area contributed by atoms with E-state index in [0.717, 1.165) is 17.1 Å². The summed E-state index contributed by atoms with van der Waals surface area (Å²) in [7, 11) is 0. The number of nitrogens with zero attached hydrogens (tertiary/aromatic N) is 2. The van der Waals surface area contributed by atoms with Crippen molar-refractivity contribution in [3.63, 3.8) is 0 Å². The van der Waals surface area contributed by atoms with Crippen LogP contribution in [0.4, 0.5) is 4.79 Å². The van der Waals surface area contributed by atoms with Gasteiger partial charge in [-0.25, -0.2) is 4.79 Å². The van der Waals surface area contributed by atoms with E-state index in [0.29, 0.717) is 18.3 Å². The van der Waals surface area contributed by atoms with E-state index in [2.05, 4.69) is 0 Å². The van der Waals surface area contributed by atoms with Crippen LogP contribution in [0.5, 0.6) is 0 Å². The van der Waals surface area contributed by atoms with Crippen molar-refractivity contribution in [3.05, 3.63) is 0 Å². The SMILES string of the molecule is CCC1CN(C(=O)N(CC(N)=O)CC(=O)O)CCS1. The van der Waals surface area contributed by atoms with Crippen molar-refractivity contribution < 1.29 is 19.5 Å². The minimum absolute atomic E-state index is 0.359. The average Bonchev–Trinajstić information content (AvgIpc) is 2.36. The third-order valence-electron chi connectivity index (χ3n) is 2.81. The lowest BCUT2D eigenvalue weighted by molar-refractivity contribution is -0.138. The first kappa shape index (κ1) is 15.6.